The molecule has 1 aromatic heterocycles. The third-order valence-electron chi connectivity index (χ3n) is 3.85. The largest absolute Gasteiger partial charge is 0.462 e. The van der Waals surface area contributed by atoms with Crippen LogP contribution in [0.25, 0.3) is 11.3 Å². The third-order valence-corrected chi connectivity index (χ3v) is 3.85. The van der Waals surface area contributed by atoms with Crippen molar-refractivity contribution in [2.45, 2.75) is 6.92 Å². The van der Waals surface area contributed by atoms with Crippen LogP contribution in [0.1, 0.15) is 27.8 Å². The maximum atomic E-state index is 12.3. The van der Waals surface area contributed by atoms with E-state index in [4.69, 9.17) is 9.15 Å². The molecule has 28 heavy (non-hydrogen) atoms. The molecule has 0 aliphatic carbocycles. The zero-order chi connectivity index (χ0) is 20.1. The van der Waals surface area contributed by atoms with Crippen LogP contribution in [-0.2, 0) is 4.74 Å². The number of esters is 1. The first kappa shape index (κ1) is 18.8. The van der Waals surface area contributed by atoms with E-state index in [-0.39, 0.29) is 18.1 Å². The summed E-state index contributed by atoms with van der Waals surface area (Å²) in [6, 6.07) is 15.2. The number of non-ortho nitro benzene ring substituents is 1. The van der Waals surface area contributed by atoms with Crippen molar-refractivity contribution in [3.63, 3.8) is 0 Å². The van der Waals surface area contributed by atoms with E-state index in [0.717, 1.165) is 0 Å². The van der Waals surface area contributed by atoms with E-state index in [1.165, 1.54) is 18.2 Å². The molecule has 8 heteroatoms. The summed E-state index contributed by atoms with van der Waals surface area (Å²) in [7, 11) is 0. The lowest BCUT2D eigenvalue weighted by molar-refractivity contribution is -0.384. The van der Waals surface area contributed by atoms with Gasteiger partial charge in [0.25, 0.3) is 11.6 Å². The topological polar surface area (TPSA) is 112 Å². The second-order valence-electron chi connectivity index (χ2n) is 5.72. The molecule has 0 radical (unpaired) electrons. The molecule has 142 valence electrons. The number of ether oxygens (including phenoxy) is 1. The first-order chi connectivity index (χ1) is 13.5. The van der Waals surface area contributed by atoms with Crippen LogP contribution in [0.4, 0.5) is 11.4 Å². The van der Waals surface area contributed by atoms with Crippen molar-refractivity contribution in [1.82, 2.24) is 0 Å². The number of hydrogen-bond donors (Lipinski definition) is 1. The number of nitrogens with one attached hydrogen (secondary N) is 1. The fourth-order valence-electron chi connectivity index (χ4n) is 2.46. The van der Waals surface area contributed by atoms with E-state index in [1.54, 1.807) is 49.4 Å². The number of benzene rings is 2. The molecule has 2 aromatic carbocycles. The van der Waals surface area contributed by atoms with Gasteiger partial charge in [0.1, 0.15) is 5.76 Å². The van der Waals surface area contributed by atoms with E-state index in [0.29, 0.717) is 22.6 Å². The summed E-state index contributed by atoms with van der Waals surface area (Å²) < 4.78 is 10.4. The Labute approximate surface area is 159 Å². The number of carbonyl (C=O) groups is 2. The number of nitrogens with zero attached hydrogens (tertiary/aromatic N) is 1. The van der Waals surface area contributed by atoms with Gasteiger partial charge < -0.3 is 14.5 Å². The van der Waals surface area contributed by atoms with Crippen LogP contribution in [0.5, 0.6) is 0 Å². The van der Waals surface area contributed by atoms with Gasteiger partial charge in [-0.05, 0) is 55.5 Å². The van der Waals surface area contributed by atoms with Crippen molar-refractivity contribution >= 4 is 23.3 Å². The summed E-state index contributed by atoms with van der Waals surface area (Å²) in [6.45, 7) is 2.01. The first-order valence-electron chi connectivity index (χ1n) is 8.41. The molecule has 3 rings (SSSR count). The average Bonchev–Trinajstić information content (AvgIpc) is 3.19. The van der Waals surface area contributed by atoms with E-state index in [1.807, 2.05) is 0 Å². The molecular formula is C20H16N2O6. The van der Waals surface area contributed by atoms with Crippen molar-refractivity contribution < 1.29 is 23.7 Å². The second kappa shape index (κ2) is 8.17. The lowest BCUT2D eigenvalue weighted by Crippen LogP contribution is -2.11. The summed E-state index contributed by atoms with van der Waals surface area (Å²) in [4.78, 5) is 34.2. The number of furan rings is 1. The number of carbonyl (C=O) groups excluding carboxylic acids is 2. The van der Waals surface area contributed by atoms with Gasteiger partial charge in [0.2, 0.25) is 0 Å². The van der Waals surface area contributed by atoms with E-state index in [9.17, 15) is 19.7 Å². The highest BCUT2D eigenvalue weighted by molar-refractivity contribution is 6.02. The highest BCUT2D eigenvalue weighted by Gasteiger charge is 2.14. The average molecular weight is 380 g/mol. The van der Waals surface area contributed by atoms with Gasteiger partial charge in [0.05, 0.1) is 17.1 Å². The summed E-state index contributed by atoms with van der Waals surface area (Å²) >= 11 is 0. The zero-order valence-corrected chi connectivity index (χ0v) is 14.9. The summed E-state index contributed by atoms with van der Waals surface area (Å²) in [5.74, 6) is -0.392. The van der Waals surface area contributed by atoms with Gasteiger partial charge in [-0.3, -0.25) is 14.9 Å². The molecule has 0 saturated carbocycles. The molecule has 0 fully saturated rings. The van der Waals surface area contributed by atoms with Gasteiger partial charge in [-0.2, -0.15) is 0 Å². The van der Waals surface area contributed by atoms with Gasteiger partial charge in [-0.15, -0.1) is 0 Å². The van der Waals surface area contributed by atoms with Gasteiger partial charge in [-0.25, -0.2) is 4.79 Å². The number of amides is 1. The Morgan fingerprint density at radius 3 is 2.32 bits per heavy atom. The Morgan fingerprint density at radius 2 is 1.71 bits per heavy atom. The Bertz CT molecular complexity index is 1010. The maximum Gasteiger partial charge on any atom is 0.338 e. The van der Waals surface area contributed by atoms with Crippen LogP contribution >= 0.6 is 0 Å². The SMILES string of the molecule is CCOC(=O)c1ccc(NC(=O)c2ccc(-c3ccc([N+](=O)[O-])cc3)o2)cc1. The van der Waals surface area contributed by atoms with Crippen molar-refractivity contribution in [3.8, 4) is 11.3 Å². The molecule has 1 N–H and O–H groups in total. The summed E-state index contributed by atoms with van der Waals surface area (Å²) in [5, 5.41) is 13.4. The van der Waals surface area contributed by atoms with Crippen LogP contribution in [0.3, 0.4) is 0 Å². The lowest BCUT2D eigenvalue weighted by Gasteiger charge is -2.05. The molecule has 0 unspecified atom stereocenters. The minimum Gasteiger partial charge on any atom is -0.462 e. The summed E-state index contributed by atoms with van der Waals surface area (Å²) in [5.41, 5.74) is 1.47. The molecule has 0 aliphatic heterocycles. The number of anilines is 1. The molecule has 0 aliphatic rings. The quantitative estimate of drug-likeness (QED) is 0.388. The van der Waals surface area contributed by atoms with E-state index < -0.39 is 16.8 Å². The predicted octanol–water partition coefficient (Wildman–Crippen LogP) is 4.28. The normalized spacial score (nSPS) is 10.3. The lowest BCUT2D eigenvalue weighted by atomic mass is 10.1. The van der Waals surface area contributed by atoms with Crippen LogP contribution in [0.15, 0.2) is 65.1 Å². The van der Waals surface area contributed by atoms with E-state index >= 15 is 0 Å². The van der Waals surface area contributed by atoms with Gasteiger partial charge in [0.15, 0.2) is 5.76 Å². The second-order valence-corrected chi connectivity index (χ2v) is 5.72. The Kier molecular flexibility index (Phi) is 5.50. The molecular weight excluding hydrogens is 364 g/mol. The molecule has 3 aromatic rings. The molecule has 1 amide bonds. The van der Waals surface area contributed by atoms with Crippen molar-refractivity contribution in [2.75, 3.05) is 11.9 Å². The first-order valence-corrected chi connectivity index (χ1v) is 8.41. The smallest absolute Gasteiger partial charge is 0.338 e. The molecule has 0 saturated heterocycles. The Hall–Kier alpha value is -3.94. The fourth-order valence-corrected chi connectivity index (χ4v) is 2.46. The van der Waals surface area contributed by atoms with Crippen LogP contribution in [-0.4, -0.2) is 23.4 Å². The van der Waals surface area contributed by atoms with E-state index in [2.05, 4.69) is 5.32 Å². The number of rotatable bonds is 6. The highest BCUT2D eigenvalue weighted by atomic mass is 16.6. The number of hydrogen-bond acceptors (Lipinski definition) is 6. The number of nitro groups is 1. The van der Waals surface area contributed by atoms with Crippen LogP contribution < -0.4 is 5.32 Å². The molecule has 8 nitrogen and oxygen atoms in total. The Morgan fingerprint density at radius 1 is 1.04 bits per heavy atom. The minimum absolute atomic E-state index is 0.0282. The molecule has 0 spiro atoms. The molecule has 0 bridgehead atoms. The van der Waals surface area contributed by atoms with Crippen molar-refractivity contribution in [3.05, 3.63) is 82.1 Å². The predicted molar refractivity (Wildman–Crippen MR) is 101 cm³/mol. The standard InChI is InChI=1S/C20H16N2O6/c1-2-27-20(24)14-3-7-15(8-4-14)21-19(23)18-12-11-17(28-18)13-5-9-16(10-6-13)22(25)26/h3-12H,2H2,1H3,(H,21,23). The highest BCUT2D eigenvalue weighted by Crippen LogP contribution is 2.25. The monoisotopic (exact) mass is 380 g/mol. The molecule has 1 heterocycles. The summed E-state index contributed by atoms with van der Waals surface area (Å²) in [6.07, 6.45) is 0. The van der Waals surface area contributed by atoms with Gasteiger partial charge >= 0.3 is 5.97 Å². The van der Waals surface area contributed by atoms with Gasteiger partial charge in [0, 0.05) is 23.4 Å². The Balaban J connectivity index is 1.68. The third kappa shape index (κ3) is 4.24. The number of nitro benzene ring substituents is 1. The fraction of sp³-hybridized carbons (Fsp3) is 0.100. The van der Waals surface area contributed by atoms with Crippen LogP contribution in [0, 0.1) is 10.1 Å². The molecule has 0 atom stereocenters. The van der Waals surface area contributed by atoms with Crippen molar-refractivity contribution in [2.24, 2.45) is 0 Å². The van der Waals surface area contributed by atoms with Gasteiger partial charge in [-0.1, -0.05) is 0 Å². The van der Waals surface area contributed by atoms with Crippen LogP contribution in [0.2, 0.25) is 0 Å². The van der Waals surface area contributed by atoms with Crippen molar-refractivity contribution in [1.29, 1.82) is 0 Å². The maximum absolute atomic E-state index is 12.3. The zero-order valence-electron chi connectivity index (χ0n) is 14.9. The minimum atomic E-state index is -0.488.